The second-order valence-electron chi connectivity index (χ2n) is 5.36. The highest BCUT2D eigenvalue weighted by atomic mass is 32.2. The maximum absolute atomic E-state index is 12.1. The molecule has 118 valence electrons. The minimum atomic E-state index is -3.15. The largest absolute Gasteiger partial charge is 0.481 e. The van der Waals surface area contributed by atoms with E-state index in [1.54, 1.807) is 31.3 Å². The third-order valence-corrected chi connectivity index (χ3v) is 5.89. The fraction of sp³-hybridized carbons (Fsp3) is 0.692. The Kier molecular flexibility index (Phi) is 5.00. The van der Waals surface area contributed by atoms with Gasteiger partial charge in [0.05, 0.1) is 12.4 Å². The summed E-state index contributed by atoms with van der Waals surface area (Å²) in [6.07, 6.45) is 2.97. The zero-order valence-corrected chi connectivity index (χ0v) is 13.4. The van der Waals surface area contributed by atoms with Gasteiger partial charge in [0.2, 0.25) is 15.9 Å². The van der Waals surface area contributed by atoms with E-state index in [4.69, 9.17) is 4.74 Å². The molecule has 21 heavy (non-hydrogen) atoms. The summed E-state index contributed by atoms with van der Waals surface area (Å²) in [5.74, 6) is 1.21. The van der Waals surface area contributed by atoms with Gasteiger partial charge >= 0.3 is 0 Å². The smallest absolute Gasteiger partial charge is 0.218 e. The highest BCUT2D eigenvalue weighted by molar-refractivity contribution is 7.89. The molecule has 2 heterocycles. The molecule has 7 nitrogen and oxygen atoms in total. The average Bonchev–Trinajstić information content (AvgIpc) is 2.48. The molecule has 0 bridgehead atoms. The van der Waals surface area contributed by atoms with Crippen molar-refractivity contribution in [2.45, 2.75) is 38.0 Å². The van der Waals surface area contributed by atoms with Gasteiger partial charge < -0.3 is 10.1 Å². The minimum absolute atomic E-state index is 0.211. The molecular formula is C13H22N4O3S. The summed E-state index contributed by atoms with van der Waals surface area (Å²) in [5.41, 5.74) is 0. The van der Waals surface area contributed by atoms with E-state index in [1.807, 2.05) is 0 Å². The molecule has 0 unspecified atom stereocenters. The standard InChI is InChI=1S/C13H22N4O3S/c1-10(2)21(18,19)17-6-4-11(5-7-17)16-12-8-13(20-3)15-9-14-12/h8-11H,4-7H2,1-3H3,(H,14,15,16). The number of nitrogens with one attached hydrogen (secondary N) is 1. The topological polar surface area (TPSA) is 84.4 Å². The average molecular weight is 314 g/mol. The number of hydrogen-bond acceptors (Lipinski definition) is 6. The van der Waals surface area contributed by atoms with E-state index in [2.05, 4.69) is 15.3 Å². The van der Waals surface area contributed by atoms with Gasteiger partial charge in [-0.1, -0.05) is 0 Å². The lowest BCUT2D eigenvalue weighted by molar-refractivity contribution is 0.327. The van der Waals surface area contributed by atoms with Gasteiger partial charge in [0.25, 0.3) is 0 Å². The molecule has 1 aromatic rings. The summed E-state index contributed by atoms with van der Waals surface area (Å²) in [4.78, 5) is 8.10. The Morgan fingerprint density at radius 1 is 1.33 bits per heavy atom. The molecule has 1 aliphatic heterocycles. The Bertz CT molecular complexity index is 569. The molecule has 0 saturated carbocycles. The first kappa shape index (κ1) is 16.0. The Morgan fingerprint density at radius 3 is 2.57 bits per heavy atom. The molecule has 1 aliphatic rings. The van der Waals surface area contributed by atoms with Crippen molar-refractivity contribution >= 4 is 15.8 Å². The molecule has 1 fully saturated rings. The fourth-order valence-corrected chi connectivity index (χ4v) is 3.61. The van der Waals surface area contributed by atoms with Crippen LogP contribution in [-0.2, 0) is 10.0 Å². The molecule has 0 aliphatic carbocycles. The number of nitrogens with zero attached hydrogens (tertiary/aromatic N) is 3. The van der Waals surface area contributed by atoms with Gasteiger partial charge in [0.1, 0.15) is 12.1 Å². The first-order valence-electron chi connectivity index (χ1n) is 7.05. The van der Waals surface area contributed by atoms with Gasteiger partial charge in [-0.05, 0) is 26.7 Å². The van der Waals surface area contributed by atoms with Crippen LogP contribution in [0.4, 0.5) is 5.82 Å². The van der Waals surface area contributed by atoms with Crippen LogP contribution in [0.3, 0.4) is 0 Å². The number of piperidine rings is 1. The predicted molar refractivity (Wildman–Crippen MR) is 80.9 cm³/mol. The van der Waals surface area contributed by atoms with E-state index < -0.39 is 10.0 Å². The van der Waals surface area contributed by atoms with Crippen molar-refractivity contribution in [2.75, 3.05) is 25.5 Å². The van der Waals surface area contributed by atoms with Crippen LogP contribution in [0, 0.1) is 0 Å². The van der Waals surface area contributed by atoms with Crippen LogP contribution in [0.5, 0.6) is 5.88 Å². The van der Waals surface area contributed by atoms with Gasteiger partial charge in [0.15, 0.2) is 0 Å². The zero-order chi connectivity index (χ0) is 15.5. The molecule has 0 aromatic carbocycles. The van der Waals surface area contributed by atoms with E-state index >= 15 is 0 Å². The van der Waals surface area contributed by atoms with Gasteiger partial charge in [-0.3, -0.25) is 0 Å². The maximum atomic E-state index is 12.1. The van der Waals surface area contributed by atoms with Crippen molar-refractivity contribution in [3.63, 3.8) is 0 Å². The monoisotopic (exact) mass is 314 g/mol. The van der Waals surface area contributed by atoms with Crippen LogP contribution in [-0.4, -0.2) is 54.2 Å². The normalized spacial score (nSPS) is 17.9. The SMILES string of the molecule is COc1cc(NC2CCN(S(=O)(=O)C(C)C)CC2)ncn1. The minimum Gasteiger partial charge on any atom is -0.481 e. The number of ether oxygens (including phenoxy) is 1. The van der Waals surface area contributed by atoms with Crippen molar-refractivity contribution in [2.24, 2.45) is 0 Å². The molecule has 1 saturated heterocycles. The van der Waals surface area contributed by atoms with Gasteiger partial charge in [-0.15, -0.1) is 0 Å². The molecule has 0 radical (unpaired) electrons. The molecule has 1 N–H and O–H groups in total. The number of anilines is 1. The van der Waals surface area contributed by atoms with Crippen molar-refractivity contribution in [1.82, 2.24) is 14.3 Å². The second-order valence-corrected chi connectivity index (χ2v) is 7.85. The Balaban J connectivity index is 1.92. The summed E-state index contributed by atoms with van der Waals surface area (Å²) in [6, 6.07) is 1.94. The van der Waals surface area contributed by atoms with E-state index in [-0.39, 0.29) is 11.3 Å². The maximum Gasteiger partial charge on any atom is 0.218 e. The van der Waals surface area contributed by atoms with E-state index in [0.717, 1.165) is 12.8 Å². The van der Waals surface area contributed by atoms with Crippen LogP contribution in [0.15, 0.2) is 12.4 Å². The predicted octanol–water partition coefficient (Wildman–Crippen LogP) is 1.10. The lowest BCUT2D eigenvalue weighted by Crippen LogP contribution is -2.44. The molecule has 2 rings (SSSR count). The fourth-order valence-electron chi connectivity index (χ4n) is 2.29. The van der Waals surface area contributed by atoms with E-state index in [9.17, 15) is 8.42 Å². The number of methoxy groups -OCH3 is 1. The third-order valence-electron chi connectivity index (χ3n) is 3.61. The van der Waals surface area contributed by atoms with E-state index in [1.165, 1.54) is 6.33 Å². The van der Waals surface area contributed by atoms with Crippen molar-refractivity contribution in [1.29, 1.82) is 0 Å². The van der Waals surface area contributed by atoms with Crippen molar-refractivity contribution in [3.05, 3.63) is 12.4 Å². The Morgan fingerprint density at radius 2 is 2.00 bits per heavy atom. The quantitative estimate of drug-likeness (QED) is 0.876. The lowest BCUT2D eigenvalue weighted by atomic mass is 10.1. The Hall–Kier alpha value is -1.41. The van der Waals surface area contributed by atoms with Crippen LogP contribution in [0.1, 0.15) is 26.7 Å². The second kappa shape index (κ2) is 6.57. The summed E-state index contributed by atoms with van der Waals surface area (Å²) in [7, 11) is -1.59. The summed E-state index contributed by atoms with van der Waals surface area (Å²) < 4.78 is 30.8. The van der Waals surface area contributed by atoms with E-state index in [0.29, 0.717) is 24.8 Å². The highest BCUT2D eigenvalue weighted by Gasteiger charge is 2.30. The van der Waals surface area contributed by atoms with Crippen LogP contribution < -0.4 is 10.1 Å². The van der Waals surface area contributed by atoms with Crippen molar-refractivity contribution < 1.29 is 13.2 Å². The summed E-state index contributed by atoms with van der Waals surface area (Å²) in [5, 5.41) is 2.94. The number of hydrogen-bond donors (Lipinski definition) is 1. The number of rotatable bonds is 5. The summed E-state index contributed by atoms with van der Waals surface area (Å²) >= 11 is 0. The summed E-state index contributed by atoms with van der Waals surface area (Å²) in [6.45, 7) is 4.51. The Labute approximate surface area is 125 Å². The van der Waals surface area contributed by atoms with Crippen molar-refractivity contribution in [3.8, 4) is 5.88 Å². The molecular weight excluding hydrogens is 292 g/mol. The number of aromatic nitrogens is 2. The molecule has 0 amide bonds. The highest BCUT2D eigenvalue weighted by Crippen LogP contribution is 2.20. The van der Waals surface area contributed by atoms with Gasteiger partial charge in [-0.25, -0.2) is 22.7 Å². The molecule has 0 spiro atoms. The molecule has 1 aromatic heterocycles. The van der Waals surface area contributed by atoms with Crippen LogP contribution in [0.25, 0.3) is 0 Å². The molecule has 8 heteroatoms. The zero-order valence-electron chi connectivity index (χ0n) is 12.6. The molecule has 0 atom stereocenters. The lowest BCUT2D eigenvalue weighted by Gasteiger charge is -2.32. The van der Waals surface area contributed by atoms with Crippen LogP contribution in [0.2, 0.25) is 0 Å². The third kappa shape index (κ3) is 3.82. The first-order chi connectivity index (χ1) is 9.93. The van der Waals surface area contributed by atoms with Gasteiger partial charge in [-0.2, -0.15) is 0 Å². The van der Waals surface area contributed by atoms with Crippen LogP contribution >= 0.6 is 0 Å². The first-order valence-corrected chi connectivity index (χ1v) is 8.55. The number of sulfonamides is 1. The van der Waals surface area contributed by atoms with Gasteiger partial charge in [0, 0.05) is 25.2 Å².